The van der Waals surface area contributed by atoms with Gasteiger partial charge in [-0.15, -0.1) is 0 Å². The highest BCUT2D eigenvalue weighted by molar-refractivity contribution is 9.10. The second-order valence-corrected chi connectivity index (χ2v) is 12.5. The summed E-state index contributed by atoms with van der Waals surface area (Å²) < 4.78 is 2.02. The first-order valence-electron chi connectivity index (χ1n) is 12.6. The Balaban J connectivity index is 1.28. The second kappa shape index (κ2) is 12.1. The van der Waals surface area contributed by atoms with Gasteiger partial charge in [0.05, 0.1) is 11.4 Å². The molecule has 1 fully saturated rings. The second-order valence-electron chi connectivity index (χ2n) is 9.81. The van der Waals surface area contributed by atoms with Crippen molar-refractivity contribution in [3.63, 3.8) is 0 Å². The van der Waals surface area contributed by atoms with Gasteiger partial charge in [-0.05, 0) is 107 Å². The molecule has 198 valence electrons. The highest BCUT2D eigenvalue weighted by atomic mass is 79.9. The van der Waals surface area contributed by atoms with Crippen LogP contribution in [0, 0.1) is 5.92 Å². The fourth-order valence-electron chi connectivity index (χ4n) is 5.53. The Morgan fingerprint density at radius 1 is 1.05 bits per heavy atom. The topological polar surface area (TPSA) is 54.8 Å². The van der Waals surface area contributed by atoms with Crippen molar-refractivity contribution in [2.24, 2.45) is 11.1 Å². The average Bonchev–Trinajstić information content (AvgIpc) is 3.06. The molecule has 0 bridgehead atoms. The molecule has 1 amide bonds. The molecule has 0 saturated carbocycles. The Bertz CT molecular complexity index is 1370. The summed E-state index contributed by atoms with van der Waals surface area (Å²) in [5, 5.41) is 5.53. The van der Waals surface area contributed by atoms with Gasteiger partial charge < -0.3 is 9.74 Å². The zero-order chi connectivity index (χ0) is 26.8. The molecule has 1 saturated heterocycles. The standard InChI is InChI=1S/C29H27Br2Cl2N3O2/c1-17(18-4-6-23(32)7-5-18)35-38-16-26(37)36-10-8-19(9-11-36)28-27-20(13-24(33)14-25(27)31)2-3-21-12-22(30)15-34-29(21)28/h4-7,12-15,19,28H,2-3,8-11,16H2,1H3/b35-17+/t28-/m1/s1. The molecular weight excluding hydrogens is 653 g/mol. The maximum Gasteiger partial charge on any atom is 0.263 e. The van der Waals surface area contributed by atoms with E-state index in [2.05, 4.69) is 49.1 Å². The van der Waals surface area contributed by atoms with E-state index in [1.165, 1.54) is 16.7 Å². The van der Waals surface area contributed by atoms with E-state index in [0.717, 1.165) is 50.9 Å². The van der Waals surface area contributed by atoms with Crippen LogP contribution in [0.5, 0.6) is 0 Å². The van der Waals surface area contributed by atoms with Crippen molar-refractivity contribution in [3.8, 4) is 0 Å². The molecule has 38 heavy (non-hydrogen) atoms. The smallest absolute Gasteiger partial charge is 0.263 e. The monoisotopic (exact) mass is 677 g/mol. The van der Waals surface area contributed by atoms with E-state index < -0.39 is 0 Å². The molecule has 0 unspecified atom stereocenters. The number of carbonyl (C=O) groups is 1. The number of amides is 1. The van der Waals surface area contributed by atoms with Crippen molar-refractivity contribution in [3.05, 3.63) is 95.6 Å². The van der Waals surface area contributed by atoms with Gasteiger partial charge in [0.25, 0.3) is 5.91 Å². The highest BCUT2D eigenvalue weighted by Gasteiger charge is 2.36. The van der Waals surface area contributed by atoms with Crippen LogP contribution in [0.15, 0.2) is 62.8 Å². The van der Waals surface area contributed by atoms with Crippen LogP contribution in [0.2, 0.25) is 10.0 Å². The van der Waals surface area contributed by atoms with E-state index in [0.29, 0.717) is 29.7 Å². The molecule has 1 aromatic heterocycles. The number of halogens is 4. The van der Waals surface area contributed by atoms with Crippen molar-refractivity contribution in [1.29, 1.82) is 0 Å². The molecular formula is C29H27Br2Cl2N3O2. The van der Waals surface area contributed by atoms with Gasteiger partial charge in [0, 0.05) is 44.2 Å². The predicted molar refractivity (Wildman–Crippen MR) is 159 cm³/mol. The number of rotatable bonds is 5. The van der Waals surface area contributed by atoms with Crippen molar-refractivity contribution in [2.75, 3.05) is 19.7 Å². The van der Waals surface area contributed by atoms with Crippen LogP contribution in [0.25, 0.3) is 0 Å². The quantitative estimate of drug-likeness (QED) is 0.204. The molecule has 2 aromatic carbocycles. The molecule has 2 heterocycles. The molecule has 2 aliphatic rings. The third-order valence-corrected chi connectivity index (χ3v) is 8.99. The van der Waals surface area contributed by atoms with Crippen LogP contribution >= 0.6 is 55.1 Å². The number of benzene rings is 2. The summed E-state index contributed by atoms with van der Waals surface area (Å²) in [6, 6.07) is 13.6. The summed E-state index contributed by atoms with van der Waals surface area (Å²) in [5.41, 5.74) is 6.55. The lowest BCUT2D eigenvalue weighted by molar-refractivity contribution is -0.137. The number of hydrogen-bond acceptors (Lipinski definition) is 4. The third-order valence-electron chi connectivity index (χ3n) is 7.43. The fourth-order valence-corrected chi connectivity index (χ4v) is 7.16. The molecule has 0 spiro atoms. The van der Waals surface area contributed by atoms with Gasteiger partial charge in [0.2, 0.25) is 0 Å². The Labute approximate surface area is 249 Å². The van der Waals surface area contributed by atoms with E-state index in [-0.39, 0.29) is 18.4 Å². The number of likely N-dealkylation sites (tertiary alicyclic amines) is 1. The highest BCUT2D eigenvalue weighted by Crippen LogP contribution is 2.46. The molecule has 5 nitrogen and oxygen atoms in total. The van der Waals surface area contributed by atoms with E-state index >= 15 is 0 Å². The Kier molecular flexibility index (Phi) is 8.78. The van der Waals surface area contributed by atoms with Gasteiger partial charge >= 0.3 is 0 Å². The van der Waals surface area contributed by atoms with Gasteiger partial charge in [-0.3, -0.25) is 9.78 Å². The summed E-state index contributed by atoms with van der Waals surface area (Å²) in [6.45, 7) is 3.12. The summed E-state index contributed by atoms with van der Waals surface area (Å²) in [6.07, 6.45) is 5.50. The Morgan fingerprint density at radius 2 is 1.76 bits per heavy atom. The summed E-state index contributed by atoms with van der Waals surface area (Å²) in [5.74, 6) is 0.446. The van der Waals surface area contributed by atoms with Crippen molar-refractivity contribution < 1.29 is 9.63 Å². The fraction of sp³-hybridized carbons (Fsp3) is 0.345. The predicted octanol–water partition coefficient (Wildman–Crippen LogP) is 7.82. The molecule has 9 heteroatoms. The van der Waals surface area contributed by atoms with E-state index in [1.807, 2.05) is 36.2 Å². The first-order chi connectivity index (χ1) is 18.3. The zero-order valence-electron chi connectivity index (χ0n) is 20.9. The molecule has 5 rings (SSSR count). The number of oxime groups is 1. The van der Waals surface area contributed by atoms with Gasteiger partial charge in [-0.25, -0.2) is 0 Å². The molecule has 0 N–H and O–H groups in total. The minimum atomic E-state index is -0.0790. The van der Waals surface area contributed by atoms with Gasteiger partial charge in [0.15, 0.2) is 6.61 Å². The first-order valence-corrected chi connectivity index (χ1v) is 15.0. The minimum Gasteiger partial charge on any atom is -0.385 e. The Hall–Kier alpha value is -1.93. The number of pyridine rings is 1. The van der Waals surface area contributed by atoms with Crippen LogP contribution in [0.1, 0.15) is 53.6 Å². The van der Waals surface area contributed by atoms with Crippen molar-refractivity contribution in [1.82, 2.24) is 9.88 Å². The maximum atomic E-state index is 12.9. The van der Waals surface area contributed by atoms with E-state index in [1.54, 1.807) is 12.1 Å². The lowest BCUT2D eigenvalue weighted by Crippen LogP contribution is -2.41. The SMILES string of the molecule is C/C(=N\OCC(=O)N1CCC([C@H]2c3ncc(Br)cc3CCc3cc(Cl)cc(Br)c32)CC1)c1ccc(Cl)cc1. The summed E-state index contributed by atoms with van der Waals surface area (Å²) >= 11 is 19.8. The average molecular weight is 680 g/mol. The number of aromatic nitrogens is 1. The van der Waals surface area contributed by atoms with Crippen LogP contribution in [-0.4, -0.2) is 41.2 Å². The summed E-state index contributed by atoms with van der Waals surface area (Å²) in [4.78, 5) is 25.1. The van der Waals surface area contributed by atoms with Gasteiger partial charge in [-0.2, -0.15) is 0 Å². The largest absolute Gasteiger partial charge is 0.385 e. The molecule has 1 aliphatic carbocycles. The van der Waals surface area contributed by atoms with Crippen LogP contribution in [-0.2, 0) is 22.5 Å². The molecule has 1 aliphatic heterocycles. The third kappa shape index (κ3) is 6.11. The molecule has 3 aromatic rings. The number of piperidine rings is 1. The van der Waals surface area contributed by atoms with Gasteiger partial charge in [-0.1, -0.05) is 56.4 Å². The minimum absolute atomic E-state index is 0.0483. The molecule has 1 atom stereocenters. The number of hydrogen-bond donors (Lipinski definition) is 0. The number of fused-ring (bicyclic) bond motifs is 2. The van der Waals surface area contributed by atoms with Crippen LogP contribution < -0.4 is 0 Å². The Morgan fingerprint density at radius 3 is 2.50 bits per heavy atom. The lowest BCUT2D eigenvalue weighted by atomic mass is 9.76. The van der Waals surface area contributed by atoms with E-state index in [9.17, 15) is 4.79 Å². The lowest BCUT2D eigenvalue weighted by Gasteiger charge is -2.37. The number of nitrogens with zero attached hydrogens (tertiary/aromatic N) is 3. The summed E-state index contributed by atoms with van der Waals surface area (Å²) in [7, 11) is 0. The zero-order valence-corrected chi connectivity index (χ0v) is 25.6. The van der Waals surface area contributed by atoms with Crippen LogP contribution in [0.4, 0.5) is 0 Å². The number of carbonyl (C=O) groups excluding carboxylic acids is 1. The van der Waals surface area contributed by atoms with Crippen molar-refractivity contribution in [2.45, 2.75) is 38.5 Å². The maximum absolute atomic E-state index is 12.9. The first kappa shape index (κ1) is 27.6. The van der Waals surface area contributed by atoms with E-state index in [4.69, 9.17) is 33.0 Å². The normalized spacial score (nSPS) is 18.0. The number of aryl methyl sites for hydroxylation is 2. The van der Waals surface area contributed by atoms with Crippen molar-refractivity contribution >= 4 is 66.7 Å². The molecule has 0 radical (unpaired) electrons. The van der Waals surface area contributed by atoms with Crippen LogP contribution in [0.3, 0.4) is 0 Å². The van der Waals surface area contributed by atoms with Gasteiger partial charge in [0.1, 0.15) is 0 Å².